The number of hydrogen-bond acceptors (Lipinski definition) is 4. The van der Waals surface area contributed by atoms with Crippen molar-refractivity contribution in [3.05, 3.63) is 24.0 Å². The maximum absolute atomic E-state index is 8.94. The van der Waals surface area contributed by atoms with Crippen molar-refractivity contribution in [2.75, 3.05) is 5.32 Å². The molecular weight excluding hydrogens is 192 g/mol. The van der Waals surface area contributed by atoms with Crippen molar-refractivity contribution in [2.45, 2.75) is 25.5 Å². The minimum absolute atomic E-state index is 0.0469. The Hall–Kier alpha value is -1.62. The summed E-state index contributed by atoms with van der Waals surface area (Å²) in [7, 11) is 0. The van der Waals surface area contributed by atoms with Gasteiger partial charge in [-0.3, -0.25) is 0 Å². The third kappa shape index (κ3) is 1.66. The topological polar surface area (TPSA) is 62.5 Å². The van der Waals surface area contributed by atoms with E-state index >= 15 is 0 Å². The van der Waals surface area contributed by atoms with Crippen molar-refractivity contribution in [3.63, 3.8) is 0 Å². The third-order valence-corrected chi connectivity index (χ3v) is 2.46. The number of hydrogen-bond donors (Lipinski definition) is 2. The van der Waals surface area contributed by atoms with Crippen molar-refractivity contribution in [1.82, 2.24) is 14.6 Å². The first-order chi connectivity index (χ1) is 7.35. The second-order valence-electron chi connectivity index (χ2n) is 3.83. The van der Waals surface area contributed by atoms with Crippen LogP contribution in [0, 0.1) is 0 Å². The van der Waals surface area contributed by atoms with Crippen LogP contribution >= 0.6 is 0 Å². The lowest BCUT2D eigenvalue weighted by molar-refractivity contribution is 0.277. The van der Waals surface area contributed by atoms with Crippen molar-refractivity contribution < 1.29 is 5.11 Å². The minimum Gasteiger partial charge on any atom is -0.390 e. The maximum Gasteiger partial charge on any atom is 0.154 e. The molecule has 1 fully saturated rings. The Bertz CT molecular complexity index is 489. The van der Waals surface area contributed by atoms with Crippen molar-refractivity contribution in [3.8, 4) is 0 Å². The van der Waals surface area contributed by atoms with Crippen molar-refractivity contribution >= 4 is 11.5 Å². The Labute approximate surface area is 86.8 Å². The molecule has 78 valence electrons. The summed E-state index contributed by atoms with van der Waals surface area (Å²) in [6.45, 7) is -0.0469. The van der Waals surface area contributed by atoms with Gasteiger partial charge in [-0.15, -0.1) is 5.10 Å². The summed E-state index contributed by atoms with van der Waals surface area (Å²) in [5.74, 6) is 0.867. The second-order valence-corrected chi connectivity index (χ2v) is 3.83. The molecule has 2 aromatic rings. The van der Waals surface area contributed by atoms with E-state index in [1.807, 2.05) is 12.1 Å². The molecule has 0 spiro atoms. The lowest BCUT2D eigenvalue weighted by Gasteiger charge is -2.02. The molecule has 3 rings (SSSR count). The Morgan fingerprint density at radius 2 is 2.33 bits per heavy atom. The van der Waals surface area contributed by atoms with Gasteiger partial charge in [-0.25, -0.2) is 9.50 Å². The first kappa shape index (κ1) is 8.67. The molecule has 1 aliphatic rings. The van der Waals surface area contributed by atoms with Crippen LogP contribution in [0.15, 0.2) is 18.3 Å². The molecule has 0 amide bonds. The highest BCUT2D eigenvalue weighted by Gasteiger charge is 2.21. The fourth-order valence-corrected chi connectivity index (χ4v) is 1.52. The number of anilines is 1. The standard InChI is InChI=1S/C10H12N4O/c15-6-8-5-14-10(12-8)4-3-9(13-14)11-7-1-2-7/h3-5,7,15H,1-2,6H2,(H,11,13). The summed E-state index contributed by atoms with van der Waals surface area (Å²) in [5.41, 5.74) is 1.41. The van der Waals surface area contributed by atoms with E-state index in [0.29, 0.717) is 11.7 Å². The van der Waals surface area contributed by atoms with E-state index in [1.54, 1.807) is 10.7 Å². The highest BCUT2D eigenvalue weighted by Crippen LogP contribution is 2.23. The summed E-state index contributed by atoms with van der Waals surface area (Å²) in [6, 6.07) is 4.41. The lowest BCUT2D eigenvalue weighted by Crippen LogP contribution is -2.04. The molecule has 5 nitrogen and oxygen atoms in total. The summed E-state index contributed by atoms with van der Waals surface area (Å²) in [4.78, 5) is 4.19. The van der Waals surface area contributed by atoms with E-state index < -0.39 is 0 Å². The molecule has 0 bridgehead atoms. The number of nitrogens with one attached hydrogen (secondary N) is 1. The molecule has 0 radical (unpaired) electrons. The van der Waals surface area contributed by atoms with Crippen LogP contribution in [-0.4, -0.2) is 25.7 Å². The maximum atomic E-state index is 8.94. The number of aliphatic hydroxyl groups excluding tert-OH is 1. The summed E-state index contributed by atoms with van der Waals surface area (Å²) in [5, 5.41) is 16.6. The van der Waals surface area contributed by atoms with Crippen LogP contribution in [0.2, 0.25) is 0 Å². The fourth-order valence-electron chi connectivity index (χ4n) is 1.52. The van der Waals surface area contributed by atoms with Gasteiger partial charge in [-0.2, -0.15) is 0 Å². The van der Waals surface area contributed by atoms with Crippen LogP contribution in [0.5, 0.6) is 0 Å². The molecule has 1 aliphatic carbocycles. The Morgan fingerprint density at radius 1 is 1.47 bits per heavy atom. The van der Waals surface area contributed by atoms with Gasteiger partial charge in [0.2, 0.25) is 0 Å². The number of imidazole rings is 1. The SMILES string of the molecule is OCc1cn2nc(NC3CC3)ccc2n1. The molecule has 0 unspecified atom stereocenters. The van der Waals surface area contributed by atoms with Gasteiger partial charge >= 0.3 is 0 Å². The van der Waals surface area contributed by atoms with Gasteiger partial charge in [0.25, 0.3) is 0 Å². The molecular formula is C10H12N4O. The zero-order valence-corrected chi connectivity index (χ0v) is 8.22. The van der Waals surface area contributed by atoms with Crippen LogP contribution in [0.4, 0.5) is 5.82 Å². The lowest BCUT2D eigenvalue weighted by atomic mass is 10.5. The summed E-state index contributed by atoms with van der Waals surface area (Å²) in [6.07, 6.45) is 4.20. The third-order valence-electron chi connectivity index (χ3n) is 2.46. The molecule has 0 atom stereocenters. The van der Waals surface area contributed by atoms with Crippen LogP contribution in [0.1, 0.15) is 18.5 Å². The summed E-state index contributed by atoms with van der Waals surface area (Å²) >= 11 is 0. The predicted molar refractivity (Wildman–Crippen MR) is 55.6 cm³/mol. The van der Waals surface area contributed by atoms with Gasteiger partial charge in [0.05, 0.1) is 18.5 Å². The van der Waals surface area contributed by atoms with E-state index in [0.717, 1.165) is 11.5 Å². The normalized spacial score (nSPS) is 15.8. The molecule has 1 saturated carbocycles. The van der Waals surface area contributed by atoms with Crippen LogP contribution in [0.3, 0.4) is 0 Å². The van der Waals surface area contributed by atoms with E-state index in [1.165, 1.54) is 12.8 Å². The zero-order valence-electron chi connectivity index (χ0n) is 8.22. The Kier molecular flexibility index (Phi) is 1.85. The van der Waals surface area contributed by atoms with Gasteiger partial charge in [0.1, 0.15) is 5.82 Å². The molecule has 15 heavy (non-hydrogen) atoms. The van der Waals surface area contributed by atoms with Crippen LogP contribution in [-0.2, 0) is 6.61 Å². The average Bonchev–Trinajstić information content (AvgIpc) is 2.96. The highest BCUT2D eigenvalue weighted by atomic mass is 16.3. The second kappa shape index (κ2) is 3.20. The molecule has 0 aliphatic heterocycles. The molecule has 5 heteroatoms. The number of fused-ring (bicyclic) bond motifs is 1. The number of nitrogens with zero attached hydrogens (tertiary/aromatic N) is 3. The molecule has 0 saturated heterocycles. The number of aromatic nitrogens is 3. The minimum atomic E-state index is -0.0469. The Morgan fingerprint density at radius 3 is 3.07 bits per heavy atom. The number of aliphatic hydroxyl groups is 1. The monoisotopic (exact) mass is 204 g/mol. The van der Waals surface area contributed by atoms with Gasteiger partial charge in [0.15, 0.2) is 5.65 Å². The van der Waals surface area contributed by atoms with Gasteiger partial charge < -0.3 is 10.4 Å². The fraction of sp³-hybridized carbons (Fsp3) is 0.400. The highest BCUT2D eigenvalue weighted by molar-refractivity contribution is 5.45. The van der Waals surface area contributed by atoms with Gasteiger partial charge in [-0.1, -0.05) is 0 Å². The smallest absolute Gasteiger partial charge is 0.154 e. The van der Waals surface area contributed by atoms with E-state index in [-0.39, 0.29) is 6.61 Å². The molecule has 2 aromatic heterocycles. The van der Waals surface area contributed by atoms with Crippen LogP contribution in [0.25, 0.3) is 5.65 Å². The van der Waals surface area contributed by atoms with E-state index in [9.17, 15) is 0 Å². The Balaban J connectivity index is 1.96. The zero-order chi connectivity index (χ0) is 10.3. The van der Waals surface area contributed by atoms with Crippen molar-refractivity contribution in [2.24, 2.45) is 0 Å². The predicted octanol–water partition coefficient (Wildman–Crippen LogP) is 0.796. The average molecular weight is 204 g/mol. The van der Waals surface area contributed by atoms with E-state index in [2.05, 4.69) is 15.4 Å². The first-order valence-electron chi connectivity index (χ1n) is 5.08. The first-order valence-corrected chi connectivity index (χ1v) is 5.08. The molecule has 2 heterocycles. The van der Waals surface area contributed by atoms with E-state index in [4.69, 9.17) is 5.11 Å². The quantitative estimate of drug-likeness (QED) is 0.776. The summed E-state index contributed by atoms with van der Waals surface area (Å²) < 4.78 is 1.69. The largest absolute Gasteiger partial charge is 0.390 e. The van der Waals surface area contributed by atoms with Gasteiger partial charge in [0, 0.05) is 6.04 Å². The molecule has 2 N–H and O–H groups in total. The van der Waals surface area contributed by atoms with Gasteiger partial charge in [-0.05, 0) is 25.0 Å². The van der Waals surface area contributed by atoms with Crippen molar-refractivity contribution in [1.29, 1.82) is 0 Å². The number of rotatable bonds is 3. The van der Waals surface area contributed by atoms with Crippen LogP contribution < -0.4 is 5.32 Å². The molecule has 0 aromatic carbocycles.